The number of piperidine rings is 1. The van der Waals surface area contributed by atoms with E-state index in [1.807, 2.05) is 23.1 Å². The maximum atomic E-state index is 12.6. The van der Waals surface area contributed by atoms with Gasteiger partial charge in [-0.1, -0.05) is 18.2 Å². The molecule has 3 N–H and O–H groups in total. The molecular weight excluding hydrogens is 340 g/mol. The fourth-order valence-electron chi connectivity index (χ4n) is 3.97. The first-order valence-corrected chi connectivity index (χ1v) is 10.2. The van der Waals surface area contributed by atoms with E-state index in [1.54, 1.807) is 0 Å². The van der Waals surface area contributed by atoms with Crippen LogP contribution >= 0.6 is 0 Å². The first-order chi connectivity index (χ1) is 13.1. The Morgan fingerprint density at radius 3 is 2.85 bits per heavy atom. The van der Waals surface area contributed by atoms with Gasteiger partial charge in [0, 0.05) is 38.3 Å². The minimum absolute atomic E-state index is 0.0288. The molecule has 2 aliphatic heterocycles. The summed E-state index contributed by atoms with van der Waals surface area (Å²) in [4.78, 5) is 26.7. The second kappa shape index (κ2) is 9.74. The summed E-state index contributed by atoms with van der Waals surface area (Å²) in [5, 5.41) is 9.66. The fourth-order valence-corrected chi connectivity index (χ4v) is 3.97. The lowest BCUT2D eigenvalue weighted by Crippen LogP contribution is -2.46. The van der Waals surface area contributed by atoms with Gasteiger partial charge in [0.05, 0.1) is 6.04 Å². The quantitative estimate of drug-likeness (QED) is 0.684. The van der Waals surface area contributed by atoms with Crippen LogP contribution in [-0.2, 0) is 9.59 Å². The number of nitrogens with one attached hydrogen (secondary N) is 3. The van der Waals surface area contributed by atoms with E-state index in [1.165, 1.54) is 5.56 Å². The molecule has 27 heavy (non-hydrogen) atoms. The number of hydrogen-bond acceptors (Lipinski definition) is 4. The van der Waals surface area contributed by atoms with Crippen LogP contribution in [0.4, 0.5) is 5.69 Å². The SMILES string of the molecule is Cc1ccccc1NCCC(=O)N1CCCC(CNC(=O)C2CCCN2)C1. The Bertz CT molecular complexity index is 643. The van der Waals surface area contributed by atoms with Gasteiger partial charge in [-0.25, -0.2) is 0 Å². The van der Waals surface area contributed by atoms with Crippen LogP contribution in [0.5, 0.6) is 0 Å². The lowest BCUT2D eigenvalue weighted by atomic mass is 9.97. The third-order valence-corrected chi connectivity index (χ3v) is 5.61. The molecule has 6 heteroatoms. The number of amides is 2. The van der Waals surface area contributed by atoms with Gasteiger partial charge in [-0.3, -0.25) is 9.59 Å². The van der Waals surface area contributed by atoms with Crippen molar-refractivity contribution in [2.75, 3.05) is 38.0 Å². The van der Waals surface area contributed by atoms with E-state index < -0.39 is 0 Å². The highest BCUT2D eigenvalue weighted by atomic mass is 16.2. The second-order valence-electron chi connectivity index (χ2n) is 7.73. The summed E-state index contributed by atoms with van der Waals surface area (Å²) in [5.41, 5.74) is 2.28. The molecule has 0 radical (unpaired) electrons. The molecule has 3 rings (SSSR count). The van der Waals surface area contributed by atoms with E-state index in [2.05, 4.69) is 28.9 Å². The molecule has 2 atom stereocenters. The Morgan fingerprint density at radius 1 is 1.22 bits per heavy atom. The minimum Gasteiger partial charge on any atom is -0.384 e. The molecule has 1 aromatic rings. The van der Waals surface area contributed by atoms with Crippen LogP contribution in [0.3, 0.4) is 0 Å². The van der Waals surface area contributed by atoms with E-state index in [0.29, 0.717) is 25.4 Å². The maximum absolute atomic E-state index is 12.6. The molecule has 2 unspecified atom stereocenters. The average molecular weight is 373 g/mol. The molecule has 0 aromatic heterocycles. The summed E-state index contributed by atoms with van der Waals surface area (Å²) in [6.45, 7) is 5.89. The zero-order valence-electron chi connectivity index (χ0n) is 16.3. The first-order valence-electron chi connectivity index (χ1n) is 10.2. The standard InChI is InChI=1S/C21H32N4O2/c1-16-6-2-3-8-18(16)23-12-10-20(26)25-13-5-7-17(15-25)14-24-21(27)19-9-4-11-22-19/h2-3,6,8,17,19,22-23H,4-5,7,9-15H2,1H3,(H,24,27). The number of hydrogen-bond donors (Lipinski definition) is 3. The zero-order chi connectivity index (χ0) is 19.1. The van der Waals surface area contributed by atoms with Crippen molar-refractivity contribution < 1.29 is 9.59 Å². The molecule has 1 aromatic carbocycles. The normalized spacial score (nSPS) is 22.5. The lowest BCUT2D eigenvalue weighted by molar-refractivity contribution is -0.132. The summed E-state index contributed by atoms with van der Waals surface area (Å²) in [6, 6.07) is 8.09. The summed E-state index contributed by atoms with van der Waals surface area (Å²) < 4.78 is 0. The molecule has 2 aliphatic rings. The van der Waals surface area contributed by atoms with E-state index in [9.17, 15) is 9.59 Å². The molecule has 2 fully saturated rings. The summed E-state index contributed by atoms with van der Waals surface area (Å²) in [6.07, 6.45) is 4.58. The van der Waals surface area contributed by atoms with Gasteiger partial charge in [0.15, 0.2) is 0 Å². The molecule has 2 saturated heterocycles. The van der Waals surface area contributed by atoms with Gasteiger partial charge in [-0.2, -0.15) is 0 Å². The highest BCUT2D eigenvalue weighted by molar-refractivity contribution is 5.82. The smallest absolute Gasteiger partial charge is 0.237 e. The van der Waals surface area contributed by atoms with Gasteiger partial charge in [0.1, 0.15) is 0 Å². The van der Waals surface area contributed by atoms with Gasteiger partial charge in [-0.15, -0.1) is 0 Å². The molecule has 148 valence electrons. The monoisotopic (exact) mass is 372 g/mol. The highest BCUT2D eigenvalue weighted by Gasteiger charge is 2.26. The van der Waals surface area contributed by atoms with Crippen molar-refractivity contribution in [2.45, 2.75) is 45.1 Å². The number of carbonyl (C=O) groups is 2. The van der Waals surface area contributed by atoms with Crippen LogP contribution in [-0.4, -0.2) is 55.5 Å². The summed E-state index contributed by atoms with van der Waals surface area (Å²) >= 11 is 0. The van der Waals surface area contributed by atoms with Crippen molar-refractivity contribution in [3.05, 3.63) is 29.8 Å². The number of para-hydroxylation sites is 1. The van der Waals surface area contributed by atoms with Crippen LogP contribution in [0, 0.1) is 12.8 Å². The number of anilines is 1. The van der Waals surface area contributed by atoms with Crippen LogP contribution < -0.4 is 16.0 Å². The lowest BCUT2D eigenvalue weighted by Gasteiger charge is -2.33. The number of aryl methyl sites for hydroxylation is 1. The number of benzene rings is 1. The third-order valence-electron chi connectivity index (χ3n) is 5.61. The van der Waals surface area contributed by atoms with E-state index in [-0.39, 0.29) is 17.9 Å². The topological polar surface area (TPSA) is 73.5 Å². The molecule has 0 aliphatic carbocycles. The largest absolute Gasteiger partial charge is 0.384 e. The molecule has 0 bridgehead atoms. The van der Waals surface area contributed by atoms with Crippen LogP contribution in [0.25, 0.3) is 0 Å². The van der Waals surface area contributed by atoms with E-state index >= 15 is 0 Å². The van der Waals surface area contributed by atoms with Crippen LogP contribution in [0.1, 0.15) is 37.7 Å². The number of rotatable bonds is 7. The zero-order valence-corrected chi connectivity index (χ0v) is 16.3. The maximum Gasteiger partial charge on any atom is 0.237 e. The number of nitrogens with zero attached hydrogens (tertiary/aromatic N) is 1. The van der Waals surface area contributed by atoms with E-state index in [4.69, 9.17) is 0 Å². The third kappa shape index (κ3) is 5.70. The number of carbonyl (C=O) groups excluding carboxylic acids is 2. The number of likely N-dealkylation sites (tertiary alicyclic amines) is 1. The molecule has 2 heterocycles. The Morgan fingerprint density at radius 2 is 2.07 bits per heavy atom. The van der Waals surface area contributed by atoms with Crippen molar-refractivity contribution in [3.63, 3.8) is 0 Å². The Balaban J connectivity index is 1.38. The molecule has 0 spiro atoms. The van der Waals surface area contributed by atoms with Crippen LogP contribution in [0.2, 0.25) is 0 Å². The van der Waals surface area contributed by atoms with Gasteiger partial charge in [0.2, 0.25) is 11.8 Å². The predicted octanol–water partition coefficient (Wildman–Crippen LogP) is 1.90. The second-order valence-corrected chi connectivity index (χ2v) is 7.73. The van der Waals surface area contributed by atoms with Gasteiger partial charge < -0.3 is 20.9 Å². The fraction of sp³-hybridized carbons (Fsp3) is 0.619. The van der Waals surface area contributed by atoms with E-state index in [0.717, 1.165) is 51.0 Å². The first kappa shape index (κ1) is 19.7. The Hall–Kier alpha value is -2.08. The Kier molecular flexibility index (Phi) is 7.10. The van der Waals surface area contributed by atoms with Crippen molar-refractivity contribution >= 4 is 17.5 Å². The van der Waals surface area contributed by atoms with Gasteiger partial charge in [-0.05, 0) is 56.7 Å². The summed E-state index contributed by atoms with van der Waals surface area (Å²) in [7, 11) is 0. The average Bonchev–Trinajstić information content (AvgIpc) is 3.23. The molecule has 6 nitrogen and oxygen atoms in total. The van der Waals surface area contributed by atoms with Crippen LogP contribution in [0.15, 0.2) is 24.3 Å². The predicted molar refractivity (Wildman–Crippen MR) is 108 cm³/mol. The molecule has 0 saturated carbocycles. The Labute approximate surface area is 162 Å². The summed E-state index contributed by atoms with van der Waals surface area (Å²) in [5.74, 6) is 0.667. The highest BCUT2D eigenvalue weighted by Crippen LogP contribution is 2.18. The molecule has 2 amide bonds. The van der Waals surface area contributed by atoms with Crippen molar-refractivity contribution in [1.82, 2.24) is 15.5 Å². The van der Waals surface area contributed by atoms with Crippen molar-refractivity contribution in [2.24, 2.45) is 5.92 Å². The molecular formula is C21H32N4O2. The van der Waals surface area contributed by atoms with Crippen molar-refractivity contribution in [1.29, 1.82) is 0 Å². The van der Waals surface area contributed by atoms with Gasteiger partial charge >= 0.3 is 0 Å². The van der Waals surface area contributed by atoms with Gasteiger partial charge in [0.25, 0.3) is 0 Å². The minimum atomic E-state index is -0.0288. The van der Waals surface area contributed by atoms with Crippen molar-refractivity contribution in [3.8, 4) is 0 Å².